The van der Waals surface area contributed by atoms with E-state index >= 15 is 0 Å². The summed E-state index contributed by atoms with van der Waals surface area (Å²) < 4.78 is 23.5. The van der Waals surface area contributed by atoms with Crippen molar-refractivity contribution in [2.24, 2.45) is 5.92 Å². The van der Waals surface area contributed by atoms with Gasteiger partial charge in [0, 0.05) is 56.1 Å². The minimum Gasteiger partial charge on any atom is -0.490 e. The molecule has 0 aromatic heterocycles. The third-order valence-corrected chi connectivity index (χ3v) is 9.67. The summed E-state index contributed by atoms with van der Waals surface area (Å²) in [6.07, 6.45) is 7.11. The smallest absolute Gasteiger partial charge is 0.321 e. The molecule has 274 valence electrons. The molecule has 50 heavy (non-hydrogen) atoms. The van der Waals surface area contributed by atoms with Gasteiger partial charge in [-0.15, -0.1) is 0 Å². The van der Waals surface area contributed by atoms with Crippen molar-refractivity contribution >= 4 is 29.3 Å². The van der Waals surface area contributed by atoms with Crippen LogP contribution in [-0.4, -0.2) is 97.3 Å². The number of nitrogens with zero attached hydrogens (tertiary/aromatic N) is 2. The number of carbonyl (C=O) groups excluding carboxylic acids is 3. The van der Waals surface area contributed by atoms with E-state index in [0.29, 0.717) is 40.8 Å². The lowest BCUT2D eigenvalue weighted by atomic mass is 9.96. The maximum absolute atomic E-state index is 14.4. The van der Waals surface area contributed by atoms with Crippen LogP contribution < -0.4 is 30.2 Å². The number of hydrogen-bond donors (Lipinski definition) is 4. The molecular weight excluding hydrogens is 642 g/mol. The lowest BCUT2D eigenvalue weighted by molar-refractivity contribution is -0.0115. The predicted molar refractivity (Wildman–Crippen MR) is 190 cm³/mol. The van der Waals surface area contributed by atoms with Gasteiger partial charge < -0.3 is 49.8 Å². The Morgan fingerprint density at radius 1 is 0.940 bits per heavy atom. The molecule has 1 aliphatic carbocycles. The topological polar surface area (TPSA) is 151 Å². The molecule has 0 saturated heterocycles. The highest BCUT2D eigenvalue weighted by Gasteiger charge is 2.31. The number of amides is 5. The summed E-state index contributed by atoms with van der Waals surface area (Å²) in [5.41, 5.74) is 1.35. The Bertz CT molecular complexity index is 1470. The molecule has 4 N–H and O–H groups in total. The van der Waals surface area contributed by atoms with Crippen molar-refractivity contribution in [3.63, 3.8) is 0 Å². The molecule has 0 radical (unpaired) electrons. The summed E-state index contributed by atoms with van der Waals surface area (Å²) in [6, 6.07) is 9.36. The average molecular weight is 696 g/mol. The number of anilines is 2. The van der Waals surface area contributed by atoms with Crippen molar-refractivity contribution < 1.29 is 38.4 Å². The van der Waals surface area contributed by atoms with Crippen molar-refractivity contribution in [3.8, 4) is 17.2 Å². The summed E-state index contributed by atoms with van der Waals surface area (Å²) in [7, 11) is 1.71. The standard InChI is InChI=1S/C37H53N5O8/c1-24-20-42(25(2)22-43)35(44)30-18-28(39-36(45)38-27-11-6-5-7-12-27)13-15-31(30)50-26(3)10-8-9-17-47-34(24)21-41(4)37(46)40-29-14-16-32-33(19-29)49-23-48-32/h13-16,18-19,24-27,34,43H,5-12,17,20-23H2,1-4H3,(H,40,46)(H2,38,39,45)/t24-,25+,26+,34+/m1/s1. The minimum absolute atomic E-state index is 0.137. The van der Waals surface area contributed by atoms with Crippen LogP contribution in [0, 0.1) is 5.92 Å². The van der Waals surface area contributed by atoms with Crippen LogP contribution in [0.15, 0.2) is 36.4 Å². The van der Waals surface area contributed by atoms with Crippen molar-refractivity contribution in [3.05, 3.63) is 42.0 Å². The van der Waals surface area contributed by atoms with E-state index in [-0.39, 0.29) is 62.5 Å². The molecule has 2 aromatic rings. The monoisotopic (exact) mass is 695 g/mol. The summed E-state index contributed by atoms with van der Waals surface area (Å²) in [6.45, 7) is 6.63. The van der Waals surface area contributed by atoms with Crippen LogP contribution in [0.5, 0.6) is 17.2 Å². The lowest BCUT2D eigenvalue weighted by Crippen LogP contribution is -2.48. The second kappa shape index (κ2) is 17.6. The number of aliphatic hydroxyl groups is 1. The SMILES string of the molecule is C[C@@H]1CN([C@@H](C)CO)C(=O)c2cc(NC(=O)NC3CCCCC3)ccc2O[C@@H](C)CCCCO[C@H]1CN(C)C(=O)Nc1ccc2c(c1)OCO2. The highest BCUT2D eigenvalue weighted by molar-refractivity contribution is 5.99. The number of carbonyl (C=O) groups is 3. The number of urea groups is 2. The van der Waals surface area contributed by atoms with E-state index in [1.807, 2.05) is 13.8 Å². The molecule has 5 rings (SSSR count). The van der Waals surface area contributed by atoms with Crippen LogP contribution >= 0.6 is 0 Å². The Balaban J connectivity index is 1.33. The van der Waals surface area contributed by atoms with Gasteiger partial charge in [-0.05, 0) is 76.3 Å². The molecule has 2 heterocycles. The van der Waals surface area contributed by atoms with E-state index in [1.54, 1.807) is 60.2 Å². The van der Waals surface area contributed by atoms with Gasteiger partial charge in [0.2, 0.25) is 6.79 Å². The zero-order chi connectivity index (χ0) is 35.6. The zero-order valence-corrected chi connectivity index (χ0v) is 29.7. The summed E-state index contributed by atoms with van der Waals surface area (Å²) in [5, 5.41) is 19.1. The van der Waals surface area contributed by atoms with Gasteiger partial charge in [-0.25, -0.2) is 9.59 Å². The maximum atomic E-state index is 14.4. The van der Waals surface area contributed by atoms with Crippen molar-refractivity contribution in [1.82, 2.24) is 15.1 Å². The Labute approximate surface area is 294 Å². The molecule has 2 aliphatic heterocycles. The quantitative estimate of drug-likeness (QED) is 0.283. The lowest BCUT2D eigenvalue weighted by Gasteiger charge is -2.35. The Morgan fingerprint density at radius 2 is 1.64 bits per heavy atom. The first-order valence-electron chi connectivity index (χ1n) is 17.9. The molecule has 2 aromatic carbocycles. The highest BCUT2D eigenvalue weighted by atomic mass is 16.7. The van der Waals surface area contributed by atoms with Gasteiger partial charge in [0.25, 0.3) is 5.91 Å². The molecule has 13 heteroatoms. The number of rotatable bonds is 7. The Morgan fingerprint density at radius 3 is 2.40 bits per heavy atom. The van der Waals surface area contributed by atoms with Crippen molar-refractivity contribution in [2.75, 3.05) is 50.8 Å². The van der Waals surface area contributed by atoms with Crippen LogP contribution in [0.2, 0.25) is 0 Å². The molecule has 3 aliphatic rings. The molecule has 1 fully saturated rings. The minimum atomic E-state index is -0.526. The molecule has 0 unspecified atom stereocenters. The van der Waals surface area contributed by atoms with Crippen LogP contribution in [0.25, 0.3) is 0 Å². The van der Waals surface area contributed by atoms with E-state index < -0.39 is 12.1 Å². The molecule has 13 nitrogen and oxygen atoms in total. The number of hydrogen-bond acceptors (Lipinski definition) is 8. The first kappa shape index (κ1) is 37.0. The van der Waals surface area contributed by atoms with Gasteiger partial charge in [-0.2, -0.15) is 0 Å². The molecular formula is C37H53N5O8. The molecule has 5 amide bonds. The predicted octanol–water partition coefficient (Wildman–Crippen LogP) is 5.83. The third-order valence-electron chi connectivity index (χ3n) is 9.67. The van der Waals surface area contributed by atoms with E-state index in [1.165, 1.54) is 6.42 Å². The number of nitrogens with one attached hydrogen (secondary N) is 3. The first-order chi connectivity index (χ1) is 24.1. The van der Waals surface area contributed by atoms with E-state index in [0.717, 1.165) is 44.9 Å². The van der Waals surface area contributed by atoms with Crippen LogP contribution in [-0.2, 0) is 4.74 Å². The average Bonchev–Trinajstić information content (AvgIpc) is 3.58. The Kier molecular flexibility index (Phi) is 13.1. The Hall–Kier alpha value is -4.23. The fourth-order valence-electron chi connectivity index (χ4n) is 6.61. The first-order valence-corrected chi connectivity index (χ1v) is 17.9. The third kappa shape index (κ3) is 9.94. The molecule has 1 saturated carbocycles. The van der Waals surface area contributed by atoms with E-state index in [2.05, 4.69) is 16.0 Å². The van der Waals surface area contributed by atoms with Gasteiger partial charge in [0.15, 0.2) is 11.5 Å². The van der Waals surface area contributed by atoms with E-state index in [4.69, 9.17) is 18.9 Å². The second-order valence-electron chi connectivity index (χ2n) is 13.8. The van der Waals surface area contributed by atoms with Crippen LogP contribution in [0.1, 0.15) is 82.5 Å². The van der Waals surface area contributed by atoms with Gasteiger partial charge >= 0.3 is 12.1 Å². The van der Waals surface area contributed by atoms with Gasteiger partial charge in [-0.3, -0.25) is 4.79 Å². The van der Waals surface area contributed by atoms with E-state index in [9.17, 15) is 19.5 Å². The number of fused-ring (bicyclic) bond motifs is 2. The molecule has 0 bridgehead atoms. The largest absolute Gasteiger partial charge is 0.490 e. The number of likely N-dealkylation sites (N-methyl/N-ethyl adjacent to an activating group) is 1. The van der Waals surface area contributed by atoms with Crippen LogP contribution in [0.4, 0.5) is 21.0 Å². The second-order valence-corrected chi connectivity index (χ2v) is 13.8. The van der Waals surface area contributed by atoms with Gasteiger partial charge in [0.05, 0.1) is 30.4 Å². The highest BCUT2D eigenvalue weighted by Crippen LogP contribution is 2.34. The number of aliphatic hydroxyl groups excluding tert-OH is 1. The summed E-state index contributed by atoms with van der Waals surface area (Å²) >= 11 is 0. The number of benzene rings is 2. The fraction of sp³-hybridized carbons (Fsp3) is 0.595. The molecule has 0 spiro atoms. The zero-order valence-electron chi connectivity index (χ0n) is 29.7. The summed E-state index contributed by atoms with van der Waals surface area (Å²) in [4.78, 5) is 43.8. The van der Waals surface area contributed by atoms with Crippen LogP contribution in [0.3, 0.4) is 0 Å². The summed E-state index contributed by atoms with van der Waals surface area (Å²) in [5.74, 6) is 1.08. The van der Waals surface area contributed by atoms with Gasteiger partial charge in [-0.1, -0.05) is 26.2 Å². The van der Waals surface area contributed by atoms with Gasteiger partial charge in [0.1, 0.15) is 5.75 Å². The normalized spacial score (nSPS) is 22.4. The van der Waals surface area contributed by atoms with Crippen molar-refractivity contribution in [2.45, 2.75) is 96.4 Å². The number of ether oxygens (including phenoxy) is 4. The molecule has 4 atom stereocenters. The van der Waals surface area contributed by atoms with Crippen molar-refractivity contribution in [1.29, 1.82) is 0 Å². The fourth-order valence-corrected chi connectivity index (χ4v) is 6.61. The maximum Gasteiger partial charge on any atom is 0.321 e.